The first-order valence-electron chi connectivity index (χ1n) is 10.6. The van der Waals surface area contributed by atoms with E-state index in [4.69, 9.17) is 4.74 Å². The number of nitrogens with one attached hydrogen (secondary N) is 1. The van der Waals surface area contributed by atoms with Gasteiger partial charge in [0, 0.05) is 10.8 Å². The quantitative estimate of drug-likeness (QED) is 0.448. The Morgan fingerprint density at radius 3 is 2.29 bits per heavy atom. The number of methoxy groups -OCH3 is 1. The molecule has 8 heteroatoms. The molecule has 31 heavy (non-hydrogen) atoms. The van der Waals surface area contributed by atoms with Gasteiger partial charge in [-0.1, -0.05) is 44.0 Å². The molecular weight excluding hydrogens is 413 g/mol. The fourth-order valence-electron chi connectivity index (χ4n) is 4.12. The van der Waals surface area contributed by atoms with Gasteiger partial charge in [-0.15, -0.1) is 11.3 Å². The number of rotatable bonds is 7. The van der Waals surface area contributed by atoms with Gasteiger partial charge >= 0.3 is 13.1 Å². The van der Waals surface area contributed by atoms with E-state index in [-0.39, 0.29) is 11.7 Å². The van der Waals surface area contributed by atoms with Crippen LogP contribution in [-0.2, 0) is 9.53 Å². The summed E-state index contributed by atoms with van der Waals surface area (Å²) in [6, 6.07) is 8.64. The summed E-state index contributed by atoms with van der Waals surface area (Å²) >= 11 is 1.27. The molecule has 1 aromatic carbocycles. The van der Waals surface area contributed by atoms with Crippen molar-refractivity contribution in [3.8, 4) is 10.4 Å². The Bertz CT molecular complexity index is 930. The normalized spacial score (nSPS) is 19.0. The summed E-state index contributed by atoms with van der Waals surface area (Å²) in [5, 5.41) is 21.9. The molecule has 0 aliphatic heterocycles. The number of esters is 1. The minimum Gasteiger partial charge on any atom is -0.465 e. The third-order valence-electron chi connectivity index (χ3n) is 6.05. The molecule has 1 aliphatic rings. The van der Waals surface area contributed by atoms with Crippen molar-refractivity contribution in [3.63, 3.8) is 0 Å². The molecule has 3 N–H and O–H groups in total. The maximum atomic E-state index is 13.2. The van der Waals surface area contributed by atoms with E-state index in [1.807, 2.05) is 19.9 Å². The number of hydrogen-bond acceptors (Lipinski definition) is 7. The summed E-state index contributed by atoms with van der Waals surface area (Å²) < 4.78 is 4.96. The standard InChI is InChI=1S/C23H30BNO5S/c1-14-5-7-16(8-6-14)21(26)23(2,3)25-18-13-19(31-20(18)22(27)30-4)15-9-11-17(12-10-15)24(28)29/h9-14,16,25,28-29H,5-8H2,1-4H3/t14-,16-. The molecule has 1 fully saturated rings. The van der Waals surface area contributed by atoms with E-state index in [0.29, 0.717) is 21.9 Å². The largest absolute Gasteiger partial charge is 0.488 e. The number of benzene rings is 1. The Kier molecular flexibility index (Phi) is 7.24. The van der Waals surface area contributed by atoms with Crippen molar-refractivity contribution in [3.05, 3.63) is 35.2 Å². The van der Waals surface area contributed by atoms with Crippen LogP contribution in [0.15, 0.2) is 30.3 Å². The van der Waals surface area contributed by atoms with E-state index in [9.17, 15) is 19.6 Å². The van der Waals surface area contributed by atoms with Gasteiger partial charge in [-0.3, -0.25) is 4.79 Å². The average molecular weight is 443 g/mol. The van der Waals surface area contributed by atoms with E-state index in [1.54, 1.807) is 24.3 Å². The molecule has 0 spiro atoms. The van der Waals surface area contributed by atoms with Crippen molar-refractivity contribution in [2.24, 2.45) is 11.8 Å². The summed E-state index contributed by atoms with van der Waals surface area (Å²) in [7, 11) is -0.197. The number of Topliss-reactive ketones (excluding diaryl/α,β-unsaturated/α-hetero) is 1. The van der Waals surface area contributed by atoms with Crippen LogP contribution < -0.4 is 10.8 Å². The highest BCUT2D eigenvalue weighted by Crippen LogP contribution is 2.38. The second-order valence-electron chi connectivity index (χ2n) is 8.91. The first kappa shape index (κ1) is 23.5. The van der Waals surface area contributed by atoms with Crippen LogP contribution in [0, 0.1) is 11.8 Å². The van der Waals surface area contributed by atoms with E-state index in [1.165, 1.54) is 18.4 Å². The first-order chi connectivity index (χ1) is 14.6. The second-order valence-corrected chi connectivity index (χ2v) is 9.96. The maximum absolute atomic E-state index is 13.2. The zero-order chi connectivity index (χ0) is 22.8. The Labute approximate surface area is 187 Å². The Hall–Kier alpha value is -2.16. The number of anilines is 1. The minimum absolute atomic E-state index is 0.0378. The lowest BCUT2D eigenvalue weighted by Crippen LogP contribution is -2.45. The Balaban J connectivity index is 1.87. The van der Waals surface area contributed by atoms with E-state index >= 15 is 0 Å². The van der Waals surface area contributed by atoms with Gasteiger partial charge in [0.15, 0.2) is 5.78 Å². The van der Waals surface area contributed by atoms with Crippen LogP contribution in [0.3, 0.4) is 0 Å². The summed E-state index contributed by atoms with van der Waals surface area (Å²) in [4.78, 5) is 26.9. The molecule has 0 radical (unpaired) electrons. The van der Waals surface area contributed by atoms with Crippen LogP contribution in [0.5, 0.6) is 0 Å². The minimum atomic E-state index is -1.53. The molecule has 2 aromatic rings. The van der Waals surface area contributed by atoms with Crippen molar-refractivity contribution < 1.29 is 24.4 Å². The topological polar surface area (TPSA) is 95.9 Å². The van der Waals surface area contributed by atoms with Gasteiger partial charge in [-0.25, -0.2) is 4.79 Å². The van der Waals surface area contributed by atoms with Crippen LogP contribution >= 0.6 is 11.3 Å². The number of carbonyl (C=O) groups is 2. The maximum Gasteiger partial charge on any atom is 0.488 e. The molecule has 6 nitrogen and oxygen atoms in total. The molecule has 166 valence electrons. The molecule has 0 saturated heterocycles. The van der Waals surface area contributed by atoms with E-state index in [2.05, 4.69) is 12.2 Å². The molecule has 1 aromatic heterocycles. The SMILES string of the molecule is COC(=O)c1sc(-c2ccc(B(O)O)cc2)cc1NC(C)(C)C(=O)[C@H]1CC[C@H](C)CC1. The van der Waals surface area contributed by atoms with Gasteiger partial charge in [0.05, 0.1) is 18.3 Å². The summed E-state index contributed by atoms with van der Waals surface area (Å²) in [6.45, 7) is 5.96. The number of ketones is 1. The zero-order valence-electron chi connectivity index (χ0n) is 18.5. The van der Waals surface area contributed by atoms with Gasteiger partial charge in [0.2, 0.25) is 0 Å². The lowest BCUT2D eigenvalue weighted by molar-refractivity contribution is -0.127. The highest BCUT2D eigenvalue weighted by atomic mass is 32.1. The lowest BCUT2D eigenvalue weighted by Gasteiger charge is -2.33. The van der Waals surface area contributed by atoms with Crippen molar-refractivity contribution in [2.45, 2.75) is 52.0 Å². The molecule has 0 amide bonds. The molecule has 0 bridgehead atoms. The third kappa shape index (κ3) is 5.37. The monoisotopic (exact) mass is 443 g/mol. The number of ether oxygens (including phenoxy) is 1. The molecule has 0 unspecified atom stereocenters. The highest BCUT2D eigenvalue weighted by Gasteiger charge is 2.36. The van der Waals surface area contributed by atoms with E-state index < -0.39 is 18.6 Å². The third-order valence-corrected chi connectivity index (χ3v) is 7.21. The number of hydrogen-bond donors (Lipinski definition) is 3. The van der Waals surface area contributed by atoms with Crippen molar-refractivity contribution in [2.75, 3.05) is 12.4 Å². The van der Waals surface area contributed by atoms with Crippen molar-refractivity contribution >= 4 is 41.4 Å². The fourth-order valence-corrected chi connectivity index (χ4v) is 5.16. The van der Waals surface area contributed by atoms with Gasteiger partial charge in [0.25, 0.3) is 0 Å². The van der Waals surface area contributed by atoms with Crippen molar-refractivity contribution in [1.82, 2.24) is 0 Å². The van der Waals surface area contributed by atoms with Crippen LogP contribution in [0.4, 0.5) is 5.69 Å². The molecular formula is C23H30BNO5S. The second kappa shape index (κ2) is 9.55. The van der Waals surface area contributed by atoms with Crippen LogP contribution in [0.25, 0.3) is 10.4 Å². The zero-order valence-corrected chi connectivity index (χ0v) is 19.3. The Morgan fingerprint density at radius 2 is 1.74 bits per heavy atom. The molecule has 1 heterocycles. The number of thiophene rings is 1. The lowest BCUT2D eigenvalue weighted by atomic mass is 9.76. The predicted molar refractivity (Wildman–Crippen MR) is 125 cm³/mol. The molecule has 1 aliphatic carbocycles. The van der Waals surface area contributed by atoms with Gasteiger partial charge < -0.3 is 20.1 Å². The molecule has 0 atom stereocenters. The van der Waals surface area contributed by atoms with Crippen LogP contribution in [0.1, 0.15) is 56.1 Å². The van der Waals surface area contributed by atoms with E-state index in [0.717, 1.165) is 36.1 Å². The van der Waals surface area contributed by atoms with Crippen LogP contribution in [0.2, 0.25) is 0 Å². The Morgan fingerprint density at radius 1 is 1.13 bits per heavy atom. The predicted octanol–water partition coefficient (Wildman–Crippen LogP) is 3.47. The summed E-state index contributed by atoms with van der Waals surface area (Å²) in [6.07, 6.45) is 3.96. The molecule has 1 saturated carbocycles. The highest BCUT2D eigenvalue weighted by molar-refractivity contribution is 7.18. The van der Waals surface area contributed by atoms with Crippen molar-refractivity contribution in [1.29, 1.82) is 0 Å². The van der Waals surface area contributed by atoms with Crippen LogP contribution in [-0.4, -0.2) is 41.6 Å². The summed E-state index contributed by atoms with van der Waals surface area (Å²) in [5.41, 5.74) is 0.969. The smallest absolute Gasteiger partial charge is 0.465 e. The average Bonchev–Trinajstić information content (AvgIpc) is 3.16. The van der Waals surface area contributed by atoms with Gasteiger partial charge in [-0.2, -0.15) is 0 Å². The van der Waals surface area contributed by atoms with Gasteiger partial charge in [0.1, 0.15) is 4.88 Å². The summed E-state index contributed by atoms with van der Waals surface area (Å²) in [5.74, 6) is 0.416. The fraction of sp³-hybridized carbons (Fsp3) is 0.478. The number of carbonyl (C=O) groups excluding carboxylic acids is 2. The first-order valence-corrected chi connectivity index (χ1v) is 11.4. The molecule has 3 rings (SSSR count). The van der Waals surface area contributed by atoms with Gasteiger partial charge in [-0.05, 0) is 49.7 Å².